The zero-order valence-electron chi connectivity index (χ0n) is 23.5. The number of aryl methyl sites for hydroxylation is 1. The number of anilines is 2. The number of halogens is 1. The largest absolute Gasteiger partial charge is 0.437 e. The molecule has 1 atom stereocenters. The summed E-state index contributed by atoms with van der Waals surface area (Å²) in [6.07, 6.45) is 8.42. The first-order chi connectivity index (χ1) is 20.0. The smallest absolute Gasteiger partial charge is 0.301 e. The van der Waals surface area contributed by atoms with Gasteiger partial charge in [-0.3, -0.25) is 4.72 Å². The van der Waals surface area contributed by atoms with E-state index in [0.717, 1.165) is 67.1 Å². The minimum Gasteiger partial charge on any atom is -0.437 e. The van der Waals surface area contributed by atoms with Gasteiger partial charge in [0.1, 0.15) is 5.75 Å². The molecule has 0 saturated carbocycles. The molecule has 0 bridgehead atoms. The monoisotopic (exact) mass is 609 g/mol. The van der Waals surface area contributed by atoms with E-state index in [1.807, 2.05) is 49.4 Å². The molecule has 4 heterocycles. The molecule has 0 spiro atoms. The molecule has 12 heteroatoms. The second-order valence-electron chi connectivity index (χ2n) is 10.6. The van der Waals surface area contributed by atoms with Crippen LogP contribution in [0.25, 0.3) is 22.0 Å². The summed E-state index contributed by atoms with van der Waals surface area (Å²) < 4.78 is 37.1. The molecule has 2 fully saturated rings. The van der Waals surface area contributed by atoms with Gasteiger partial charge in [0.05, 0.1) is 16.9 Å². The van der Waals surface area contributed by atoms with Crippen molar-refractivity contribution < 1.29 is 13.2 Å². The van der Waals surface area contributed by atoms with E-state index in [0.29, 0.717) is 42.0 Å². The number of pyridine rings is 1. The Morgan fingerprint density at radius 2 is 1.81 bits per heavy atom. The van der Waals surface area contributed by atoms with Crippen LogP contribution >= 0.6 is 12.4 Å². The van der Waals surface area contributed by atoms with E-state index in [1.165, 1.54) is 4.31 Å². The van der Waals surface area contributed by atoms with E-state index in [1.54, 1.807) is 18.5 Å². The molecule has 0 amide bonds. The molecule has 2 aliphatic heterocycles. The lowest BCUT2D eigenvalue weighted by molar-refractivity contribution is 0.349. The van der Waals surface area contributed by atoms with Gasteiger partial charge in [0.25, 0.3) is 0 Å². The van der Waals surface area contributed by atoms with Crippen molar-refractivity contribution in [1.82, 2.24) is 24.6 Å². The first kappa shape index (κ1) is 30.0. The molecule has 2 aromatic carbocycles. The SMILES string of the molecule is Cc1ccc2c(NS(=O)(=O)N3CCCCC3)cccc2c1Oc1ncccc1-c1ccnc(N[C@H]2CCCNC2)n1.Cl. The van der Waals surface area contributed by atoms with E-state index in [4.69, 9.17) is 9.72 Å². The van der Waals surface area contributed by atoms with E-state index in [9.17, 15) is 8.42 Å². The van der Waals surface area contributed by atoms with Gasteiger partial charge < -0.3 is 15.4 Å². The lowest BCUT2D eigenvalue weighted by Crippen LogP contribution is -2.39. The minimum absolute atomic E-state index is 0. The second-order valence-corrected chi connectivity index (χ2v) is 12.3. The molecule has 0 aliphatic carbocycles. The summed E-state index contributed by atoms with van der Waals surface area (Å²) >= 11 is 0. The maximum atomic E-state index is 13.1. The Hall–Kier alpha value is -3.51. The Labute approximate surface area is 252 Å². The molecular weight excluding hydrogens is 574 g/mol. The summed E-state index contributed by atoms with van der Waals surface area (Å²) in [5.41, 5.74) is 2.85. The highest BCUT2D eigenvalue weighted by Crippen LogP contribution is 2.39. The van der Waals surface area contributed by atoms with Crippen LogP contribution in [0.2, 0.25) is 0 Å². The maximum Gasteiger partial charge on any atom is 0.301 e. The average molecular weight is 610 g/mol. The van der Waals surface area contributed by atoms with Crippen LogP contribution < -0.4 is 20.1 Å². The standard InChI is InChI=1S/C30H35N7O3S.ClH/c1-21-12-13-23-24(9-5-11-27(23)36-41(38,39)37-18-3-2-4-19-37)28(21)40-29-25(10-7-16-32-29)26-14-17-33-30(35-26)34-22-8-6-15-31-20-22;/h5,7,9-14,16-17,22,31,36H,2-4,6,8,15,18-20H2,1H3,(H,33,34,35);1H/t22-;/m0./s1. The van der Waals surface area contributed by atoms with Crippen molar-refractivity contribution in [3.05, 3.63) is 66.5 Å². The van der Waals surface area contributed by atoms with Gasteiger partial charge in [-0.2, -0.15) is 12.7 Å². The fourth-order valence-corrected chi connectivity index (χ4v) is 6.80. The number of nitrogens with zero attached hydrogens (tertiary/aromatic N) is 4. The van der Waals surface area contributed by atoms with Crippen LogP contribution in [-0.2, 0) is 10.2 Å². The van der Waals surface area contributed by atoms with Gasteiger partial charge in [0.2, 0.25) is 11.8 Å². The molecule has 6 rings (SSSR count). The minimum atomic E-state index is -3.66. The lowest BCUT2D eigenvalue weighted by Gasteiger charge is -2.26. The Morgan fingerprint density at radius 3 is 2.62 bits per heavy atom. The summed E-state index contributed by atoms with van der Waals surface area (Å²) in [5.74, 6) is 1.59. The number of aromatic nitrogens is 3. The number of ether oxygens (including phenoxy) is 1. The summed E-state index contributed by atoms with van der Waals surface area (Å²) in [6.45, 7) is 4.95. The van der Waals surface area contributed by atoms with Crippen molar-refractivity contribution in [3.63, 3.8) is 0 Å². The van der Waals surface area contributed by atoms with Gasteiger partial charge in [-0.25, -0.2) is 15.0 Å². The van der Waals surface area contributed by atoms with Crippen LogP contribution in [-0.4, -0.2) is 59.9 Å². The van der Waals surface area contributed by atoms with E-state index in [2.05, 4.69) is 25.3 Å². The Balaban J connectivity index is 0.00000353. The summed E-state index contributed by atoms with van der Waals surface area (Å²) in [7, 11) is -3.66. The van der Waals surface area contributed by atoms with Crippen LogP contribution in [0.5, 0.6) is 11.6 Å². The molecule has 42 heavy (non-hydrogen) atoms. The van der Waals surface area contributed by atoms with Gasteiger partial charge in [0, 0.05) is 48.8 Å². The quantitative estimate of drug-likeness (QED) is 0.239. The van der Waals surface area contributed by atoms with Crippen molar-refractivity contribution in [3.8, 4) is 22.9 Å². The predicted octanol–water partition coefficient (Wildman–Crippen LogP) is 5.52. The van der Waals surface area contributed by atoms with E-state index < -0.39 is 10.2 Å². The predicted molar refractivity (Wildman–Crippen MR) is 169 cm³/mol. The topological polar surface area (TPSA) is 121 Å². The van der Waals surface area contributed by atoms with Crippen LogP contribution in [0.1, 0.15) is 37.7 Å². The number of hydrogen-bond acceptors (Lipinski definition) is 8. The number of rotatable bonds is 8. The third-order valence-corrected chi connectivity index (χ3v) is 9.16. The third kappa shape index (κ3) is 6.59. The van der Waals surface area contributed by atoms with Crippen LogP contribution in [0, 0.1) is 6.92 Å². The normalized spacial score (nSPS) is 17.8. The highest BCUT2D eigenvalue weighted by molar-refractivity contribution is 7.90. The molecule has 2 saturated heterocycles. The highest BCUT2D eigenvalue weighted by atomic mass is 35.5. The second kappa shape index (κ2) is 13.2. The Bertz CT molecular complexity index is 1640. The number of fused-ring (bicyclic) bond motifs is 1. The first-order valence-electron chi connectivity index (χ1n) is 14.2. The van der Waals surface area contributed by atoms with Gasteiger partial charge in [0.15, 0.2) is 0 Å². The van der Waals surface area contributed by atoms with Gasteiger partial charge in [-0.05, 0) is 69.0 Å². The fourth-order valence-electron chi connectivity index (χ4n) is 5.47. The van der Waals surface area contributed by atoms with Gasteiger partial charge in [-0.1, -0.05) is 30.7 Å². The lowest BCUT2D eigenvalue weighted by atomic mass is 10.0. The summed E-state index contributed by atoms with van der Waals surface area (Å²) in [5, 5.41) is 8.38. The van der Waals surface area contributed by atoms with Crippen molar-refractivity contribution in [2.24, 2.45) is 0 Å². The highest BCUT2D eigenvalue weighted by Gasteiger charge is 2.25. The molecule has 2 aliphatic rings. The third-order valence-electron chi connectivity index (χ3n) is 7.63. The average Bonchev–Trinajstić information content (AvgIpc) is 3.00. The zero-order chi connectivity index (χ0) is 28.2. The van der Waals surface area contributed by atoms with Crippen LogP contribution in [0.15, 0.2) is 60.9 Å². The van der Waals surface area contributed by atoms with Crippen molar-refractivity contribution >= 4 is 45.0 Å². The summed E-state index contributed by atoms with van der Waals surface area (Å²) in [4.78, 5) is 13.8. The van der Waals surface area contributed by atoms with Crippen molar-refractivity contribution in [2.45, 2.75) is 45.1 Å². The molecule has 0 unspecified atom stereocenters. The number of hydrogen-bond donors (Lipinski definition) is 3. The van der Waals surface area contributed by atoms with E-state index >= 15 is 0 Å². The van der Waals surface area contributed by atoms with Gasteiger partial charge in [-0.15, -0.1) is 12.4 Å². The van der Waals surface area contributed by atoms with Gasteiger partial charge >= 0.3 is 10.2 Å². The van der Waals surface area contributed by atoms with Crippen LogP contribution in [0.4, 0.5) is 11.6 Å². The molecule has 222 valence electrons. The zero-order valence-corrected chi connectivity index (χ0v) is 25.2. The molecule has 3 N–H and O–H groups in total. The molecule has 10 nitrogen and oxygen atoms in total. The number of nitrogens with one attached hydrogen (secondary N) is 3. The van der Waals surface area contributed by atoms with Crippen molar-refractivity contribution in [2.75, 3.05) is 36.2 Å². The maximum absolute atomic E-state index is 13.1. The number of piperidine rings is 2. The van der Waals surface area contributed by atoms with Crippen LogP contribution in [0.3, 0.4) is 0 Å². The number of benzene rings is 2. The Kier molecular flexibility index (Phi) is 9.42. The van der Waals surface area contributed by atoms with E-state index in [-0.39, 0.29) is 18.4 Å². The Morgan fingerprint density at radius 1 is 0.952 bits per heavy atom. The molecule has 0 radical (unpaired) electrons. The summed E-state index contributed by atoms with van der Waals surface area (Å²) in [6, 6.07) is 15.3. The fraction of sp³-hybridized carbons (Fsp3) is 0.367. The molecular formula is C30H36ClN7O3S. The molecule has 2 aromatic heterocycles. The molecule has 4 aromatic rings. The van der Waals surface area contributed by atoms with Crippen molar-refractivity contribution in [1.29, 1.82) is 0 Å². The first-order valence-corrected chi connectivity index (χ1v) is 15.7.